The molecule has 2 amide bonds. The summed E-state index contributed by atoms with van der Waals surface area (Å²) in [4.78, 5) is 49.9. The van der Waals surface area contributed by atoms with Crippen molar-refractivity contribution in [2.45, 2.75) is 58.7 Å². The summed E-state index contributed by atoms with van der Waals surface area (Å²) in [5, 5.41) is 4.91. The Bertz CT molecular complexity index is 1290. The zero-order valence-corrected chi connectivity index (χ0v) is 26.2. The Morgan fingerprint density at radius 3 is 1.79 bits per heavy atom. The average Bonchev–Trinajstić information content (AvgIpc) is 2.90. The number of hydrogen-bond acceptors (Lipinski definition) is 8. The molecule has 0 radical (unpaired) electrons. The van der Waals surface area contributed by atoms with Gasteiger partial charge in [0.25, 0.3) is 0 Å². The molecular weight excluding hydrogens is 556 g/mol. The number of rotatable bonds is 11. The van der Waals surface area contributed by atoms with Crippen LogP contribution in [-0.4, -0.2) is 51.5 Å². The zero-order valence-electron chi connectivity index (χ0n) is 25.2. The summed E-state index contributed by atoms with van der Waals surface area (Å²) in [5.41, 5.74) is 0.894. The van der Waals surface area contributed by atoms with E-state index in [1.807, 2.05) is 30.3 Å². The van der Waals surface area contributed by atoms with E-state index in [1.54, 1.807) is 45.0 Å². The molecule has 0 saturated heterocycles. The zero-order chi connectivity index (χ0) is 31.3. The lowest BCUT2D eigenvalue weighted by Crippen LogP contribution is -2.34. The normalized spacial score (nSPS) is 12.2. The molecule has 2 N–H and O–H groups in total. The summed E-state index contributed by atoms with van der Waals surface area (Å²) in [6.45, 7) is 11.9. The molecular formula is C31H40N2O8Si. The molecule has 0 atom stereocenters. The van der Waals surface area contributed by atoms with E-state index in [2.05, 4.69) is 30.3 Å². The summed E-state index contributed by atoms with van der Waals surface area (Å²) in [5.74, 6) is -1.50. The third-order valence-corrected chi connectivity index (χ3v) is 7.06. The third kappa shape index (κ3) is 13.3. The third-order valence-electron chi connectivity index (χ3n) is 5.35. The summed E-state index contributed by atoms with van der Waals surface area (Å²) in [6, 6.07) is 16.6. The Labute approximate surface area is 248 Å². The largest absolute Gasteiger partial charge is 0.464 e. The molecule has 0 spiro atoms. The fourth-order valence-corrected chi connectivity index (χ4v) is 3.95. The first kappa shape index (κ1) is 33.8. The molecule has 0 saturated carbocycles. The van der Waals surface area contributed by atoms with Crippen LogP contribution in [0.5, 0.6) is 0 Å². The van der Waals surface area contributed by atoms with Crippen LogP contribution in [0.3, 0.4) is 0 Å². The fraction of sp³-hybridized carbons (Fsp3) is 0.355. The van der Waals surface area contributed by atoms with E-state index in [0.717, 1.165) is 11.6 Å². The van der Waals surface area contributed by atoms with Gasteiger partial charge in [-0.05, 0) is 55.7 Å². The lowest BCUT2D eigenvalue weighted by atomic mass is 10.1. The Balaban J connectivity index is 2.23. The molecule has 42 heavy (non-hydrogen) atoms. The molecule has 10 nitrogen and oxygen atoms in total. The Kier molecular flexibility index (Phi) is 12.5. The first-order valence-corrected chi connectivity index (χ1v) is 17.1. The molecule has 0 aliphatic heterocycles. The van der Waals surface area contributed by atoms with Gasteiger partial charge in [-0.25, -0.2) is 19.2 Å². The lowest BCUT2D eigenvalue weighted by molar-refractivity contribution is -0.140. The van der Waals surface area contributed by atoms with Crippen molar-refractivity contribution in [2.75, 3.05) is 13.7 Å². The molecule has 226 valence electrons. The number of methoxy groups -OCH3 is 1. The van der Waals surface area contributed by atoms with Gasteiger partial charge in [0.05, 0.1) is 13.7 Å². The number of hydrogen-bond donors (Lipinski definition) is 2. The van der Waals surface area contributed by atoms with Crippen LogP contribution in [0.15, 0.2) is 66.0 Å². The summed E-state index contributed by atoms with van der Waals surface area (Å²) < 4.78 is 20.7. The highest BCUT2D eigenvalue weighted by Gasteiger charge is 2.21. The standard InChI is InChI=1S/C31H40N2O8Si/c1-31(2,3)41-30(37)33-26(28(35)40-21-24-11-9-8-10-12-24)20-23-15-13-22(14-16-23)19-25(27(34)38-4)32-29(36)39-17-18-42(5,6)7/h8-16,19-20H,17-18,21H2,1-7H3,(H,32,36)(H,33,37)/b25-19-,26-20-. The predicted octanol–water partition coefficient (Wildman–Crippen LogP) is 5.87. The second-order valence-electron chi connectivity index (χ2n) is 11.5. The number of carbonyl (C=O) groups excluding carboxylic acids is 4. The van der Waals surface area contributed by atoms with E-state index in [4.69, 9.17) is 18.9 Å². The van der Waals surface area contributed by atoms with E-state index in [1.165, 1.54) is 19.3 Å². The number of amides is 2. The highest BCUT2D eigenvalue weighted by Crippen LogP contribution is 2.15. The van der Waals surface area contributed by atoms with E-state index in [-0.39, 0.29) is 24.6 Å². The molecule has 0 aromatic heterocycles. The maximum absolute atomic E-state index is 12.9. The van der Waals surface area contributed by atoms with E-state index < -0.39 is 37.8 Å². The highest BCUT2D eigenvalue weighted by atomic mass is 28.3. The maximum atomic E-state index is 12.9. The van der Waals surface area contributed by atoms with Gasteiger partial charge in [-0.1, -0.05) is 74.2 Å². The molecule has 0 heterocycles. The quantitative estimate of drug-likeness (QED) is 0.143. The van der Waals surface area contributed by atoms with Crippen LogP contribution in [0, 0.1) is 0 Å². The summed E-state index contributed by atoms with van der Waals surface area (Å²) in [6.07, 6.45) is 1.32. The van der Waals surface area contributed by atoms with Crippen molar-refractivity contribution in [3.05, 3.63) is 82.7 Å². The second kappa shape index (κ2) is 15.6. The number of benzene rings is 2. The number of carbonyl (C=O) groups is 4. The molecule has 2 aromatic carbocycles. The molecule has 2 rings (SSSR count). The van der Waals surface area contributed by atoms with Crippen LogP contribution in [0.2, 0.25) is 25.7 Å². The summed E-state index contributed by atoms with van der Waals surface area (Å²) >= 11 is 0. The Morgan fingerprint density at radius 1 is 0.762 bits per heavy atom. The minimum Gasteiger partial charge on any atom is -0.464 e. The van der Waals surface area contributed by atoms with Crippen LogP contribution in [0.1, 0.15) is 37.5 Å². The van der Waals surface area contributed by atoms with Gasteiger partial charge >= 0.3 is 24.1 Å². The number of alkyl carbamates (subject to hydrolysis) is 2. The van der Waals surface area contributed by atoms with E-state index in [0.29, 0.717) is 11.1 Å². The van der Waals surface area contributed by atoms with Crippen molar-refractivity contribution in [1.29, 1.82) is 0 Å². The topological polar surface area (TPSA) is 129 Å². The maximum Gasteiger partial charge on any atom is 0.412 e. The number of nitrogens with one attached hydrogen (secondary N) is 2. The SMILES string of the molecule is COC(=O)/C(=C/c1ccc(/C=C(\NC(=O)OC(C)(C)C)C(=O)OCc2ccccc2)cc1)NC(=O)OCC[Si](C)(C)C. The van der Waals surface area contributed by atoms with Crippen molar-refractivity contribution < 1.29 is 38.1 Å². The second-order valence-corrected chi connectivity index (χ2v) is 17.2. The van der Waals surface area contributed by atoms with Crippen molar-refractivity contribution in [3.63, 3.8) is 0 Å². The van der Waals surface area contributed by atoms with Crippen molar-refractivity contribution in [3.8, 4) is 0 Å². The Morgan fingerprint density at radius 2 is 1.29 bits per heavy atom. The molecule has 2 aromatic rings. The number of ether oxygens (including phenoxy) is 4. The van der Waals surface area contributed by atoms with Crippen molar-refractivity contribution >= 4 is 44.4 Å². The molecule has 11 heteroatoms. The van der Waals surface area contributed by atoms with Gasteiger partial charge < -0.3 is 18.9 Å². The van der Waals surface area contributed by atoms with Crippen LogP contribution in [0.4, 0.5) is 9.59 Å². The van der Waals surface area contributed by atoms with Gasteiger partial charge in [0, 0.05) is 8.07 Å². The monoisotopic (exact) mass is 596 g/mol. The van der Waals surface area contributed by atoms with Gasteiger partial charge in [-0.3, -0.25) is 10.6 Å². The van der Waals surface area contributed by atoms with Gasteiger partial charge in [-0.2, -0.15) is 0 Å². The van der Waals surface area contributed by atoms with Crippen LogP contribution in [0.25, 0.3) is 12.2 Å². The molecule has 0 bridgehead atoms. The van der Waals surface area contributed by atoms with Gasteiger partial charge in [-0.15, -0.1) is 0 Å². The first-order chi connectivity index (χ1) is 19.6. The smallest absolute Gasteiger partial charge is 0.412 e. The lowest BCUT2D eigenvalue weighted by Gasteiger charge is -2.20. The van der Waals surface area contributed by atoms with Crippen LogP contribution < -0.4 is 10.6 Å². The van der Waals surface area contributed by atoms with Crippen molar-refractivity contribution in [1.82, 2.24) is 10.6 Å². The Hall–Kier alpha value is -4.38. The molecule has 0 unspecified atom stereocenters. The van der Waals surface area contributed by atoms with Crippen molar-refractivity contribution in [2.24, 2.45) is 0 Å². The highest BCUT2D eigenvalue weighted by molar-refractivity contribution is 6.76. The fourth-order valence-electron chi connectivity index (χ4n) is 3.23. The predicted molar refractivity (Wildman–Crippen MR) is 163 cm³/mol. The average molecular weight is 597 g/mol. The molecule has 0 aliphatic carbocycles. The van der Waals surface area contributed by atoms with E-state index >= 15 is 0 Å². The van der Waals surface area contributed by atoms with Crippen LogP contribution in [-0.2, 0) is 35.1 Å². The molecule has 0 aliphatic rings. The van der Waals surface area contributed by atoms with E-state index in [9.17, 15) is 19.2 Å². The minimum atomic E-state index is -1.39. The molecule has 0 fully saturated rings. The summed E-state index contributed by atoms with van der Waals surface area (Å²) in [7, 11) is -0.187. The number of esters is 2. The first-order valence-electron chi connectivity index (χ1n) is 13.4. The van der Waals surface area contributed by atoms with Crippen LogP contribution >= 0.6 is 0 Å². The van der Waals surface area contributed by atoms with Gasteiger partial charge in [0.2, 0.25) is 0 Å². The van der Waals surface area contributed by atoms with Gasteiger partial charge in [0.1, 0.15) is 23.6 Å². The van der Waals surface area contributed by atoms with Gasteiger partial charge in [0.15, 0.2) is 0 Å². The minimum absolute atomic E-state index is 0.0145.